The van der Waals surface area contributed by atoms with Crippen LogP contribution in [0.2, 0.25) is 5.02 Å². The largest absolute Gasteiger partial charge is 0.482 e. The van der Waals surface area contributed by atoms with Gasteiger partial charge in [0.1, 0.15) is 17.2 Å². The van der Waals surface area contributed by atoms with Gasteiger partial charge in [0.05, 0.1) is 12.2 Å². The van der Waals surface area contributed by atoms with Gasteiger partial charge < -0.3 is 19.3 Å². The van der Waals surface area contributed by atoms with Crippen molar-refractivity contribution in [2.75, 3.05) is 6.61 Å². The van der Waals surface area contributed by atoms with Gasteiger partial charge in [-0.2, -0.15) is 0 Å². The molecule has 0 amide bonds. The average molecular weight is 493 g/mol. The van der Waals surface area contributed by atoms with E-state index in [-0.39, 0.29) is 24.0 Å². The van der Waals surface area contributed by atoms with E-state index < -0.39 is 12.6 Å². The van der Waals surface area contributed by atoms with Gasteiger partial charge in [0.25, 0.3) is 0 Å². The first-order valence-corrected chi connectivity index (χ1v) is 12.0. The predicted molar refractivity (Wildman–Crippen MR) is 136 cm³/mol. The molecule has 4 atom stereocenters. The first-order valence-electron chi connectivity index (χ1n) is 11.6. The highest BCUT2D eigenvalue weighted by molar-refractivity contribution is 6.30. The van der Waals surface area contributed by atoms with Crippen molar-refractivity contribution in [1.82, 2.24) is 0 Å². The lowest BCUT2D eigenvalue weighted by Gasteiger charge is -2.42. The number of hydrogen-bond acceptors (Lipinski definition) is 4. The van der Waals surface area contributed by atoms with Crippen molar-refractivity contribution in [2.45, 2.75) is 38.4 Å². The molecule has 3 aromatic rings. The summed E-state index contributed by atoms with van der Waals surface area (Å²) in [5.74, 6) is 0.845. The summed E-state index contributed by atoms with van der Waals surface area (Å²) in [6, 6.07) is 22.7. The summed E-state index contributed by atoms with van der Waals surface area (Å²) >= 11 is 6.26. The van der Waals surface area contributed by atoms with Crippen LogP contribution in [0.3, 0.4) is 0 Å². The smallest absolute Gasteiger partial charge is 0.341 e. The van der Waals surface area contributed by atoms with Crippen LogP contribution in [0.15, 0.2) is 84.9 Å². The normalized spacial score (nSPS) is 21.8. The second kappa shape index (κ2) is 11.0. The minimum Gasteiger partial charge on any atom is -0.482 e. The highest BCUT2D eigenvalue weighted by Gasteiger charge is 2.39. The molecule has 0 bridgehead atoms. The molecule has 0 unspecified atom stereocenters. The molecule has 0 saturated carbocycles. The lowest BCUT2D eigenvalue weighted by atomic mass is 9.76. The van der Waals surface area contributed by atoms with E-state index in [4.69, 9.17) is 25.8 Å². The Labute approximate surface area is 210 Å². The molecule has 1 aliphatic heterocycles. The molecule has 0 aliphatic carbocycles. The Morgan fingerprint density at radius 1 is 1.09 bits per heavy atom. The topological polar surface area (TPSA) is 65.0 Å². The molecule has 0 aromatic heterocycles. The van der Waals surface area contributed by atoms with E-state index in [0.717, 1.165) is 23.1 Å². The number of hydrogen-bond donors (Lipinski definition) is 1. The first kappa shape index (κ1) is 24.8. The van der Waals surface area contributed by atoms with Gasteiger partial charge in [-0.15, -0.1) is 0 Å². The number of aliphatic carboxylic acids is 1. The zero-order chi connectivity index (χ0) is 24.9. The molecule has 1 heterocycles. The number of carboxylic acids is 1. The maximum absolute atomic E-state index is 11.2. The van der Waals surface area contributed by atoms with Crippen LogP contribution in [-0.4, -0.2) is 23.8 Å². The molecular formula is C29H29ClO5. The molecule has 0 spiro atoms. The summed E-state index contributed by atoms with van der Waals surface area (Å²) in [6.07, 6.45) is 0.324. The number of para-hydroxylation sites is 1. The van der Waals surface area contributed by atoms with E-state index in [2.05, 4.69) is 19.6 Å². The van der Waals surface area contributed by atoms with Crippen molar-refractivity contribution < 1.29 is 24.1 Å². The first-order chi connectivity index (χ1) is 16.8. The molecule has 1 fully saturated rings. The minimum absolute atomic E-state index is 0.0191. The lowest BCUT2D eigenvalue weighted by molar-refractivity contribution is -0.139. The van der Waals surface area contributed by atoms with E-state index >= 15 is 0 Å². The van der Waals surface area contributed by atoms with Crippen LogP contribution in [-0.2, 0) is 9.53 Å². The minimum atomic E-state index is -1.05. The third-order valence-corrected chi connectivity index (χ3v) is 6.56. The number of carboxylic acid groups (broad SMARTS) is 1. The number of halogens is 1. The van der Waals surface area contributed by atoms with Gasteiger partial charge in [-0.3, -0.25) is 0 Å². The van der Waals surface area contributed by atoms with Crippen LogP contribution < -0.4 is 9.47 Å². The number of rotatable bonds is 8. The second-order valence-electron chi connectivity index (χ2n) is 8.91. The van der Waals surface area contributed by atoms with Crippen LogP contribution in [0.1, 0.15) is 43.4 Å². The van der Waals surface area contributed by atoms with E-state index in [1.165, 1.54) is 0 Å². The predicted octanol–water partition coefficient (Wildman–Crippen LogP) is 7.42. The van der Waals surface area contributed by atoms with Gasteiger partial charge in [-0.25, -0.2) is 4.79 Å². The molecule has 3 aromatic carbocycles. The number of benzene rings is 3. The fraction of sp³-hybridized carbons (Fsp3) is 0.276. The van der Waals surface area contributed by atoms with Gasteiger partial charge in [0.2, 0.25) is 0 Å². The van der Waals surface area contributed by atoms with Gasteiger partial charge >= 0.3 is 5.97 Å². The van der Waals surface area contributed by atoms with Gasteiger partial charge in [0, 0.05) is 22.4 Å². The van der Waals surface area contributed by atoms with Gasteiger partial charge in [0.15, 0.2) is 6.61 Å². The summed E-state index contributed by atoms with van der Waals surface area (Å²) in [5.41, 5.74) is 2.84. The van der Waals surface area contributed by atoms with E-state index in [1.807, 2.05) is 61.5 Å². The van der Waals surface area contributed by atoms with Crippen molar-refractivity contribution in [1.29, 1.82) is 0 Å². The molecule has 1 aliphatic rings. The maximum atomic E-state index is 11.2. The standard InChI is InChI=1S/C29H29ClO5/c1-18(2)24-16-25(20-8-7-9-21(30)14-20)19(3)34-29(24)26-15-23(35-22-10-5-4-6-11-22)12-13-27(26)33-17-28(31)32/h4-15,19,24-25,29H,1,16-17H2,2-3H3,(H,31,32)/t19-,24+,25-,29-/m0/s1. The highest BCUT2D eigenvalue weighted by atomic mass is 35.5. The molecule has 0 radical (unpaired) electrons. The fourth-order valence-corrected chi connectivity index (χ4v) is 4.81. The molecule has 4 rings (SSSR count). The average Bonchev–Trinajstić information content (AvgIpc) is 2.83. The summed E-state index contributed by atoms with van der Waals surface area (Å²) in [5, 5.41) is 9.88. The monoisotopic (exact) mass is 492 g/mol. The molecule has 1 saturated heterocycles. The third-order valence-electron chi connectivity index (χ3n) is 6.33. The van der Waals surface area contributed by atoms with Crippen molar-refractivity contribution in [3.63, 3.8) is 0 Å². The Hall–Kier alpha value is -3.28. The van der Waals surface area contributed by atoms with Gasteiger partial charge in [-0.05, 0) is 68.3 Å². The second-order valence-corrected chi connectivity index (χ2v) is 9.35. The Morgan fingerprint density at radius 3 is 2.54 bits per heavy atom. The van der Waals surface area contributed by atoms with E-state index in [9.17, 15) is 9.90 Å². The van der Waals surface area contributed by atoms with Crippen LogP contribution in [0.25, 0.3) is 0 Å². The molecule has 1 N–H and O–H groups in total. The number of ether oxygens (including phenoxy) is 3. The van der Waals surface area contributed by atoms with Crippen LogP contribution in [0.4, 0.5) is 0 Å². The Bertz CT molecular complexity index is 1190. The van der Waals surface area contributed by atoms with Crippen molar-refractivity contribution >= 4 is 17.6 Å². The van der Waals surface area contributed by atoms with Crippen LogP contribution in [0, 0.1) is 5.92 Å². The highest BCUT2D eigenvalue weighted by Crippen LogP contribution is 2.49. The fourth-order valence-electron chi connectivity index (χ4n) is 4.61. The molecule has 182 valence electrons. The summed E-state index contributed by atoms with van der Waals surface area (Å²) < 4.78 is 18.3. The van der Waals surface area contributed by atoms with E-state index in [1.54, 1.807) is 12.1 Å². The quantitative estimate of drug-likeness (QED) is 0.331. The number of carbonyl (C=O) groups is 1. The summed E-state index contributed by atoms with van der Waals surface area (Å²) in [7, 11) is 0. The third kappa shape index (κ3) is 6.05. The van der Waals surface area contributed by atoms with Crippen molar-refractivity contribution in [2.24, 2.45) is 5.92 Å². The Balaban J connectivity index is 1.69. The molecular weight excluding hydrogens is 464 g/mol. The maximum Gasteiger partial charge on any atom is 0.341 e. The zero-order valence-electron chi connectivity index (χ0n) is 19.8. The molecule has 6 heteroatoms. The van der Waals surface area contributed by atoms with Crippen LogP contribution >= 0.6 is 11.6 Å². The SMILES string of the molecule is C=C(C)[C@H]1C[C@H](c2cccc(Cl)c2)[C@H](C)O[C@@H]1c1cc(Oc2ccccc2)ccc1OCC(=O)O. The zero-order valence-corrected chi connectivity index (χ0v) is 20.6. The van der Waals surface area contributed by atoms with Crippen molar-refractivity contribution in [3.8, 4) is 17.2 Å². The molecule has 5 nitrogen and oxygen atoms in total. The Kier molecular flexibility index (Phi) is 7.79. The van der Waals surface area contributed by atoms with Crippen LogP contribution in [0.5, 0.6) is 17.2 Å². The van der Waals surface area contributed by atoms with Crippen molar-refractivity contribution in [3.05, 3.63) is 101 Å². The van der Waals surface area contributed by atoms with E-state index in [0.29, 0.717) is 22.3 Å². The lowest BCUT2D eigenvalue weighted by Crippen LogP contribution is -2.34. The van der Waals surface area contributed by atoms with Gasteiger partial charge in [-0.1, -0.05) is 54.1 Å². The molecule has 35 heavy (non-hydrogen) atoms. The Morgan fingerprint density at radius 2 is 1.86 bits per heavy atom. The summed E-state index contributed by atoms with van der Waals surface area (Å²) in [4.78, 5) is 11.2. The summed E-state index contributed by atoms with van der Waals surface area (Å²) in [6.45, 7) is 7.84.